The van der Waals surface area contributed by atoms with Gasteiger partial charge in [0.1, 0.15) is 0 Å². The van der Waals surface area contributed by atoms with Crippen LogP contribution >= 0.6 is 0 Å². The van der Waals surface area contributed by atoms with E-state index < -0.39 is 0 Å². The van der Waals surface area contributed by atoms with Crippen LogP contribution in [0, 0.1) is 5.92 Å². The highest BCUT2D eigenvalue weighted by Gasteiger charge is 2.35. The van der Waals surface area contributed by atoms with Crippen molar-refractivity contribution in [3.05, 3.63) is 53.9 Å². The third-order valence-corrected chi connectivity index (χ3v) is 5.24. The summed E-state index contributed by atoms with van der Waals surface area (Å²) in [5.74, 6) is 0.135. The number of nitrogens with zero attached hydrogens (tertiary/aromatic N) is 2. The highest BCUT2D eigenvalue weighted by Crippen LogP contribution is 2.36. The van der Waals surface area contributed by atoms with Gasteiger partial charge in [0.05, 0.1) is 0 Å². The van der Waals surface area contributed by atoms with Gasteiger partial charge < -0.3 is 10.2 Å². The first-order valence-electron chi connectivity index (χ1n) is 9.79. The molecule has 1 aliphatic heterocycles. The monoisotopic (exact) mass is 377 g/mol. The Bertz CT molecular complexity index is 906. The maximum absolute atomic E-state index is 12.5. The van der Waals surface area contributed by atoms with E-state index in [2.05, 4.69) is 10.3 Å². The lowest BCUT2D eigenvalue weighted by Gasteiger charge is -2.30. The number of rotatable bonds is 6. The second kappa shape index (κ2) is 7.92. The third-order valence-electron chi connectivity index (χ3n) is 5.24. The van der Waals surface area contributed by atoms with Crippen LogP contribution in [0.5, 0.6) is 0 Å². The van der Waals surface area contributed by atoms with E-state index in [1.807, 2.05) is 23.1 Å². The van der Waals surface area contributed by atoms with Crippen LogP contribution in [0.2, 0.25) is 0 Å². The van der Waals surface area contributed by atoms with Crippen molar-refractivity contribution in [2.75, 3.05) is 16.8 Å². The fraction of sp³-hybridized carbons (Fsp3) is 0.364. The van der Waals surface area contributed by atoms with Crippen LogP contribution in [0.3, 0.4) is 0 Å². The lowest BCUT2D eigenvalue weighted by atomic mass is 10.00. The van der Waals surface area contributed by atoms with Crippen LogP contribution in [0.4, 0.5) is 11.4 Å². The summed E-state index contributed by atoms with van der Waals surface area (Å²) in [6.45, 7) is 0.768. The maximum Gasteiger partial charge on any atom is 0.230 e. The molecule has 4 rings (SSSR count). The Morgan fingerprint density at radius 2 is 2.00 bits per heavy atom. The van der Waals surface area contributed by atoms with Crippen LogP contribution in [-0.2, 0) is 16.0 Å². The predicted octanol–water partition coefficient (Wildman–Crippen LogP) is 3.37. The van der Waals surface area contributed by atoms with Crippen molar-refractivity contribution in [1.29, 1.82) is 0 Å². The summed E-state index contributed by atoms with van der Waals surface area (Å²) in [5.41, 5.74) is 3.28. The van der Waals surface area contributed by atoms with Crippen molar-refractivity contribution < 1.29 is 14.4 Å². The standard InChI is InChI=1S/C22H23N3O3/c26-20(17-3-1-11-23-14-17)9-10-21(27)24-18-7-8-19-16(13-18)4-2-12-25(19)22(28)15-5-6-15/h1,3,7-8,11,13-15H,2,4-6,9-10,12H2,(H,24,27). The summed E-state index contributed by atoms with van der Waals surface area (Å²) in [5, 5.41) is 2.87. The van der Waals surface area contributed by atoms with E-state index in [4.69, 9.17) is 0 Å². The smallest absolute Gasteiger partial charge is 0.230 e. The largest absolute Gasteiger partial charge is 0.326 e. The molecule has 0 atom stereocenters. The molecule has 2 aromatic rings. The zero-order chi connectivity index (χ0) is 19.5. The predicted molar refractivity (Wildman–Crippen MR) is 106 cm³/mol. The van der Waals surface area contributed by atoms with Crippen molar-refractivity contribution >= 4 is 29.0 Å². The molecule has 0 radical (unpaired) electrons. The number of hydrogen-bond donors (Lipinski definition) is 1. The van der Waals surface area contributed by atoms with Gasteiger partial charge >= 0.3 is 0 Å². The Kier molecular flexibility index (Phi) is 5.19. The van der Waals surface area contributed by atoms with Gasteiger partial charge in [-0.25, -0.2) is 0 Å². The minimum absolute atomic E-state index is 0.0945. The summed E-state index contributed by atoms with van der Waals surface area (Å²) in [6, 6.07) is 9.11. The minimum Gasteiger partial charge on any atom is -0.326 e. The van der Waals surface area contributed by atoms with Gasteiger partial charge in [0.15, 0.2) is 5.78 Å². The molecule has 1 fully saturated rings. The second-order valence-corrected chi connectivity index (χ2v) is 7.42. The molecule has 28 heavy (non-hydrogen) atoms. The quantitative estimate of drug-likeness (QED) is 0.783. The third kappa shape index (κ3) is 4.11. The number of carbonyl (C=O) groups excluding carboxylic acids is 3. The molecule has 1 aromatic carbocycles. The van der Waals surface area contributed by atoms with E-state index in [0.717, 1.165) is 43.5 Å². The fourth-order valence-electron chi connectivity index (χ4n) is 3.58. The lowest BCUT2D eigenvalue weighted by Crippen LogP contribution is -2.36. The first-order chi connectivity index (χ1) is 13.6. The molecule has 1 aromatic heterocycles. The normalized spacial score (nSPS) is 15.6. The fourth-order valence-corrected chi connectivity index (χ4v) is 3.58. The number of fused-ring (bicyclic) bond motifs is 1. The number of benzene rings is 1. The van der Waals surface area contributed by atoms with Crippen molar-refractivity contribution in [2.24, 2.45) is 5.92 Å². The summed E-state index contributed by atoms with van der Waals surface area (Å²) >= 11 is 0. The van der Waals surface area contributed by atoms with Crippen LogP contribution in [0.15, 0.2) is 42.7 Å². The molecule has 6 nitrogen and oxygen atoms in total. The van der Waals surface area contributed by atoms with Crippen molar-refractivity contribution in [1.82, 2.24) is 4.98 Å². The summed E-state index contributed by atoms with van der Waals surface area (Å²) in [6.07, 6.45) is 7.21. The Hall–Kier alpha value is -3.02. The van der Waals surface area contributed by atoms with Gasteiger partial charge in [-0.05, 0) is 61.6 Å². The first-order valence-corrected chi connectivity index (χ1v) is 9.79. The average molecular weight is 377 g/mol. The van der Waals surface area contributed by atoms with E-state index in [1.165, 1.54) is 6.20 Å². The van der Waals surface area contributed by atoms with Crippen LogP contribution in [0.25, 0.3) is 0 Å². The molecule has 1 aliphatic carbocycles. The van der Waals surface area contributed by atoms with Gasteiger partial charge in [0.25, 0.3) is 0 Å². The molecule has 144 valence electrons. The molecule has 0 saturated heterocycles. The van der Waals surface area contributed by atoms with Gasteiger partial charge in [-0.3, -0.25) is 19.4 Å². The topological polar surface area (TPSA) is 79.4 Å². The van der Waals surface area contributed by atoms with Crippen molar-refractivity contribution in [3.8, 4) is 0 Å². The van der Waals surface area contributed by atoms with E-state index >= 15 is 0 Å². The van der Waals surface area contributed by atoms with E-state index in [1.54, 1.807) is 18.3 Å². The first kappa shape index (κ1) is 18.3. The molecule has 2 amide bonds. The Morgan fingerprint density at radius 1 is 1.14 bits per heavy atom. The zero-order valence-electron chi connectivity index (χ0n) is 15.7. The number of anilines is 2. The highest BCUT2D eigenvalue weighted by atomic mass is 16.2. The molecule has 0 unspecified atom stereocenters. The van der Waals surface area contributed by atoms with E-state index in [9.17, 15) is 14.4 Å². The number of ketones is 1. The van der Waals surface area contributed by atoms with Crippen LogP contribution in [0.1, 0.15) is 48.0 Å². The lowest BCUT2D eigenvalue weighted by molar-refractivity contribution is -0.120. The van der Waals surface area contributed by atoms with Gasteiger partial charge in [-0.1, -0.05) is 0 Å². The second-order valence-electron chi connectivity index (χ2n) is 7.42. The zero-order valence-corrected chi connectivity index (χ0v) is 15.7. The molecule has 6 heteroatoms. The van der Waals surface area contributed by atoms with Gasteiger partial charge in [0, 0.05) is 54.6 Å². The van der Waals surface area contributed by atoms with Crippen LogP contribution in [-0.4, -0.2) is 29.1 Å². The maximum atomic E-state index is 12.5. The molecule has 1 N–H and O–H groups in total. The molecule has 0 bridgehead atoms. The molecule has 1 saturated carbocycles. The molecule has 2 heterocycles. The van der Waals surface area contributed by atoms with Crippen molar-refractivity contribution in [3.63, 3.8) is 0 Å². The number of aromatic nitrogens is 1. The van der Waals surface area contributed by atoms with Gasteiger partial charge in [-0.15, -0.1) is 0 Å². The SMILES string of the molecule is O=C(CCC(=O)c1cccnc1)Nc1ccc2c(c1)CCCN2C(=O)C1CC1. The minimum atomic E-state index is -0.195. The van der Waals surface area contributed by atoms with E-state index in [0.29, 0.717) is 11.3 Å². The number of hydrogen-bond acceptors (Lipinski definition) is 4. The molecular weight excluding hydrogens is 354 g/mol. The number of carbonyl (C=O) groups is 3. The van der Waals surface area contributed by atoms with Crippen molar-refractivity contribution in [2.45, 2.75) is 38.5 Å². The number of pyridine rings is 1. The van der Waals surface area contributed by atoms with Crippen LogP contribution < -0.4 is 10.2 Å². The average Bonchev–Trinajstić information content (AvgIpc) is 3.57. The number of aryl methyl sites for hydroxylation is 1. The Balaban J connectivity index is 1.36. The highest BCUT2D eigenvalue weighted by molar-refractivity contribution is 6.00. The number of amides is 2. The van der Waals surface area contributed by atoms with Gasteiger partial charge in [0.2, 0.25) is 11.8 Å². The molecule has 0 spiro atoms. The molecule has 2 aliphatic rings. The Labute approximate surface area is 164 Å². The summed E-state index contributed by atoms with van der Waals surface area (Å²) in [4.78, 5) is 42.6. The number of nitrogens with one attached hydrogen (secondary N) is 1. The number of Topliss-reactive ketones (excluding diaryl/α,β-unsaturated/α-hetero) is 1. The summed E-state index contributed by atoms with van der Waals surface area (Å²) in [7, 11) is 0. The molecular formula is C22H23N3O3. The Morgan fingerprint density at radius 3 is 2.75 bits per heavy atom. The van der Waals surface area contributed by atoms with E-state index in [-0.39, 0.29) is 36.4 Å². The van der Waals surface area contributed by atoms with Gasteiger partial charge in [-0.2, -0.15) is 0 Å². The summed E-state index contributed by atoms with van der Waals surface area (Å²) < 4.78 is 0.